The van der Waals surface area contributed by atoms with Crippen LogP contribution in [-0.4, -0.2) is 37.9 Å². The minimum absolute atomic E-state index is 0.0916. The van der Waals surface area contributed by atoms with Gasteiger partial charge in [0.05, 0.1) is 12.2 Å². The fraction of sp³-hybridized carbons (Fsp3) is 0.929. The predicted molar refractivity (Wildman–Crippen MR) is 71.5 cm³/mol. The number of rotatable bonds is 6. The van der Waals surface area contributed by atoms with E-state index < -0.39 is 0 Å². The van der Waals surface area contributed by atoms with Gasteiger partial charge in [-0.2, -0.15) is 0 Å². The van der Waals surface area contributed by atoms with Crippen molar-refractivity contribution in [1.82, 2.24) is 5.32 Å². The second kappa shape index (κ2) is 7.74. The van der Waals surface area contributed by atoms with E-state index in [-0.39, 0.29) is 11.6 Å². The van der Waals surface area contributed by atoms with Crippen LogP contribution in [-0.2, 0) is 14.3 Å². The predicted octanol–water partition coefficient (Wildman–Crippen LogP) is 2.12. The lowest BCUT2D eigenvalue weighted by Gasteiger charge is -2.22. The zero-order valence-electron chi connectivity index (χ0n) is 12.0. The first-order valence-corrected chi connectivity index (χ1v) is 6.98. The Bertz CT molecular complexity index is 242. The van der Waals surface area contributed by atoms with Crippen molar-refractivity contribution < 1.29 is 14.3 Å². The van der Waals surface area contributed by atoms with E-state index in [0.29, 0.717) is 25.6 Å². The molecule has 1 saturated heterocycles. The molecule has 0 aromatic rings. The minimum Gasteiger partial charge on any atom is -0.463 e. The molecule has 0 spiro atoms. The van der Waals surface area contributed by atoms with E-state index in [9.17, 15) is 4.79 Å². The molecule has 106 valence electrons. The van der Waals surface area contributed by atoms with Crippen molar-refractivity contribution in [2.75, 3.05) is 26.3 Å². The Balaban J connectivity index is 2.00. The fourth-order valence-electron chi connectivity index (χ4n) is 2.07. The van der Waals surface area contributed by atoms with Gasteiger partial charge >= 0.3 is 5.97 Å². The quantitative estimate of drug-likeness (QED) is 0.585. The van der Waals surface area contributed by atoms with Gasteiger partial charge in [0.25, 0.3) is 0 Å². The number of carbonyl (C=O) groups excluding carboxylic acids is 1. The molecule has 18 heavy (non-hydrogen) atoms. The molecular formula is C14H27NO3. The number of ether oxygens (including phenoxy) is 2. The summed E-state index contributed by atoms with van der Waals surface area (Å²) in [6.45, 7) is 8.98. The van der Waals surface area contributed by atoms with E-state index >= 15 is 0 Å². The van der Waals surface area contributed by atoms with E-state index in [4.69, 9.17) is 9.47 Å². The van der Waals surface area contributed by atoms with Crippen molar-refractivity contribution in [3.63, 3.8) is 0 Å². The molecule has 1 N–H and O–H groups in total. The fourth-order valence-corrected chi connectivity index (χ4v) is 2.07. The van der Waals surface area contributed by atoms with Crippen LogP contribution < -0.4 is 5.32 Å². The molecule has 0 aromatic heterocycles. The van der Waals surface area contributed by atoms with Crippen LogP contribution in [0.4, 0.5) is 0 Å². The summed E-state index contributed by atoms with van der Waals surface area (Å²) in [6, 6.07) is 0. The molecule has 0 amide bonds. The molecule has 0 unspecified atom stereocenters. The van der Waals surface area contributed by atoms with Gasteiger partial charge in [-0.3, -0.25) is 4.79 Å². The first kappa shape index (κ1) is 15.4. The third-order valence-corrected chi connectivity index (χ3v) is 3.10. The summed E-state index contributed by atoms with van der Waals surface area (Å²) < 4.78 is 10.6. The summed E-state index contributed by atoms with van der Waals surface area (Å²) in [6.07, 6.45) is 3.86. The molecule has 0 atom stereocenters. The normalized spacial score (nSPS) is 17.7. The zero-order valence-corrected chi connectivity index (χ0v) is 12.0. The Morgan fingerprint density at radius 1 is 1.22 bits per heavy atom. The molecule has 1 aliphatic heterocycles. The second-order valence-corrected chi connectivity index (χ2v) is 5.91. The van der Waals surface area contributed by atoms with Crippen LogP contribution in [0.3, 0.4) is 0 Å². The number of piperidine rings is 1. The maximum absolute atomic E-state index is 11.5. The maximum Gasteiger partial charge on any atom is 0.305 e. The van der Waals surface area contributed by atoms with E-state index in [1.165, 1.54) is 12.8 Å². The number of esters is 1. The van der Waals surface area contributed by atoms with Gasteiger partial charge in [0, 0.05) is 6.42 Å². The van der Waals surface area contributed by atoms with E-state index in [2.05, 4.69) is 5.32 Å². The zero-order chi connectivity index (χ0) is 13.4. The van der Waals surface area contributed by atoms with Gasteiger partial charge in [-0.15, -0.1) is 0 Å². The van der Waals surface area contributed by atoms with Gasteiger partial charge in [-0.1, -0.05) is 0 Å². The van der Waals surface area contributed by atoms with E-state index in [1.807, 2.05) is 20.8 Å². The lowest BCUT2D eigenvalue weighted by atomic mass is 9.93. The van der Waals surface area contributed by atoms with Gasteiger partial charge in [-0.25, -0.2) is 0 Å². The second-order valence-electron chi connectivity index (χ2n) is 5.91. The number of carbonyl (C=O) groups is 1. The summed E-state index contributed by atoms with van der Waals surface area (Å²) in [4.78, 5) is 11.5. The van der Waals surface area contributed by atoms with Gasteiger partial charge < -0.3 is 14.8 Å². The van der Waals surface area contributed by atoms with E-state index in [0.717, 1.165) is 19.5 Å². The van der Waals surface area contributed by atoms with E-state index in [1.54, 1.807) is 0 Å². The number of hydrogen-bond acceptors (Lipinski definition) is 4. The molecule has 1 aliphatic rings. The van der Waals surface area contributed by atoms with Crippen molar-refractivity contribution in [2.24, 2.45) is 5.92 Å². The molecule has 1 rings (SSSR count). The van der Waals surface area contributed by atoms with Crippen molar-refractivity contribution in [1.29, 1.82) is 0 Å². The Morgan fingerprint density at radius 3 is 2.50 bits per heavy atom. The number of hydrogen-bond donors (Lipinski definition) is 1. The average Bonchev–Trinajstić information content (AvgIpc) is 2.32. The summed E-state index contributed by atoms with van der Waals surface area (Å²) in [5.74, 6) is 0.593. The Kier molecular flexibility index (Phi) is 6.65. The summed E-state index contributed by atoms with van der Waals surface area (Å²) in [5.41, 5.74) is -0.165. The lowest BCUT2D eigenvalue weighted by Crippen LogP contribution is -2.28. The molecule has 4 heteroatoms. The topological polar surface area (TPSA) is 47.6 Å². The standard InChI is InChI=1S/C14H27NO3/c1-14(2,3)18-11-10-17-13(16)5-4-12-6-8-15-9-7-12/h12,15H,4-11H2,1-3H3. The third kappa shape index (κ3) is 7.67. The molecule has 4 nitrogen and oxygen atoms in total. The highest BCUT2D eigenvalue weighted by Gasteiger charge is 2.15. The molecule has 1 heterocycles. The van der Waals surface area contributed by atoms with Crippen LogP contribution in [0.1, 0.15) is 46.5 Å². The molecule has 1 fully saturated rings. The molecule has 0 saturated carbocycles. The van der Waals surface area contributed by atoms with Gasteiger partial charge in [0.2, 0.25) is 0 Å². The third-order valence-electron chi connectivity index (χ3n) is 3.10. The smallest absolute Gasteiger partial charge is 0.305 e. The summed E-state index contributed by atoms with van der Waals surface area (Å²) >= 11 is 0. The monoisotopic (exact) mass is 257 g/mol. The van der Waals surface area contributed by atoms with Crippen LogP contribution in [0, 0.1) is 5.92 Å². The van der Waals surface area contributed by atoms with Crippen LogP contribution in [0.15, 0.2) is 0 Å². The molecule has 0 radical (unpaired) electrons. The SMILES string of the molecule is CC(C)(C)OCCOC(=O)CCC1CCNCC1. The average molecular weight is 257 g/mol. The molecule has 0 bridgehead atoms. The van der Waals surface area contributed by atoms with Crippen molar-refractivity contribution in [3.8, 4) is 0 Å². The van der Waals surface area contributed by atoms with Gasteiger partial charge in [0.1, 0.15) is 6.61 Å². The largest absolute Gasteiger partial charge is 0.463 e. The van der Waals surface area contributed by atoms with Crippen molar-refractivity contribution >= 4 is 5.97 Å². The Hall–Kier alpha value is -0.610. The summed E-state index contributed by atoms with van der Waals surface area (Å²) in [7, 11) is 0. The Morgan fingerprint density at radius 2 is 1.89 bits per heavy atom. The number of nitrogens with one attached hydrogen (secondary N) is 1. The highest BCUT2D eigenvalue weighted by molar-refractivity contribution is 5.69. The highest BCUT2D eigenvalue weighted by atomic mass is 16.6. The first-order chi connectivity index (χ1) is 8.47. The van der Waals surface area contributed by atoms with Crippen LogP contribution in [0.25, 0.3) is 0 Å². The Labute approximate surface area is 110 Å². The molecular weight excluding hydrogens is 230 g/mol. The maximum atomic E-state index is 11.5. The first-order valence-electron chi connectivity index (χ1n) is 6.98. The van der Waals surface area contributed by atoms with Crippen LogP contribution in [0.5, 0.6) is 0 Å². The lowest BCUT2D eigenvalue weighted by molar-refractivity contribution is -0.147. The van der Waals surface area contributed by atoms with Crippen LogP contribution in [0.2, 0.25) is 0 Å². The minimum atomic E-state index is -0.165. The van der Waals surface area contributed by atoms with Crippen molar-refractivity contribution in [2.45, 2.75) is 52.1 Å². The molecule has 0 aromatic carbocycles. The highest BCUT2D eigenvalue weighted by Crippen LogP contribution is 2.17. The van der Waals surface area contributed by atoms with Gasteiger partial charge in [0.15, 0.2) is 0 Å². The van der Waals surface area contributed by atoms with Crippen LogP contribution >= 0.6 is 0 Å². The molecule has 0 aliphatic carbocycles. The summed E-state index contributed by atoms with van der Waals surface area (Å²) in [5, 5.41) is 3.33. The van der Waals surface area contributed by atoms with Gasteiger partial charge in [-0.05, 0) is 59.0 Å². The van der Waals surface area contributed by atoms with Crippen molar-refractivity contribution in [3.05, 3.63) is 0 Å².